The molecule has 0 aliphatic carbocycles. The summed E-state index contributed by atoms with van der Waals surface area (Å²) < 4.78 is 16.9. The summed E-state index contributed by atoms with van der Waals surface area (Å²) >= 11 is 0. The van der Waals surface area contributed by atoms with Gasteiger partial charge in [-0.25, -0.2) is 4.79 Å². The zero-order valence-electron chi connectivity index (χ0n) is 23.9. The Balaban J connectivity index is 2.24. The molecule has 0 unspecified atom stereocenters. The lowest BCUT2D eigenvalue weighted by molar-refractivity contribution is 0.0599. The summed E-state index contributed by atoms with van der Waals surface area (Å²) in [5, 5.41) is 0. The van der Waals surface area contributed by atoms with Crippen molar-refractivity contribution in [3.63, 3.8) is 0 Å². The van der Waals surface area contributed by atoms with Crippen LogP contribution in [0.3, 0.4) is 0 Å². The van der Waals surface area contributed by atoms with E-state index in [0.717, 1.165) is 12.8 Å². The molecule has 208 valence electrons. The van der Waals surface area contributed by atoms with E-state index >= 15 is 0 Å². The van der Waals surface area contributed by atoms with Gasteiger partial charge in [-0.15, -0.1) is 0 Å². The van der Waals surface area contributed by atoms with E-state index < -0.39 is 0 Å². The second kappa shape index (κ2) is 23.7. The molecule has 1 aromatic rings. The molecule has 0 fully saturated rings. The number of rotatable bonds is 25. The van der Waals surface area contributed by atoms with Crippen LogP contribution in [0.15, 0.2) is 18.2 Å². The van der Waals surface area contributed by atoms with E-state index in [9.17, 15) is 4.79 Å². The molecule has 0 aromatic heterocycles. The molecule has 4 nitrogen and oxygen atoms in total. The largest absolute Gasteiger partial charge is 0.493 e. The van der Waals surface area contributed by atoms with E-state index in [1.165, 1.54) is 123 Å². The fraction of sp³-hybridized carbons (Fsp3) is 0.781. The van der Waals surface area contributed by atoms with Gasteiger partial charge in [0.1, 0.15) is 11.5 Å². The minimum absolute atomic E-state index is 0.358. The lowest BCUT2D eigenvalue weighted by Gasteiger charge is -2.12. The summed E-state index contributed by atoms with van der Waals surface area (Å²) in [6.45, 7) is 5.86. The normalized spacial score (nSPS) is 11.0. The van der Waals surface area contributed by atoms with Gasteiger partial charge < -0.3 is 14.2 Å². The summed E-state index contributed by atoms with van der Waals surface area (Å²) in [5.74, 6) is 1.02. The molecule has 4 heteroatoms. The Morgan fingerprint density at radius 1 is 0.528 bits per heavy atom. The Kier molecular flexibility index (Phi) is 21.3. The summed E-state index contributed by atoms with van der Waals surface area (Å²) in [4.78, 5) is 12.1. The number of esters is 1. The number of hydrogen-bond donors (Lipinski definition) is 0. The van der Waals surface area contributed by atoms with Crippen LogP contribution in [0, 0.1) is 0 Å². The third-order valence-corrected chi connectivity index (χ3v) is 6.83. The van der Waals surface area contributed by atoms with Gasteiger partial charge in [0.15, 0.2) is 0 Å². The average Bonchev–Trinajstić information content (AvgIpc) is 2.89. The summed E-state index contributed by atoms with van der Waals surface area (Å²) in [7, 11) is 1.41. The first-order chi connectivity index (χ1) is 17.7. The fourth-order valence-electron chi connectivity index (χ4n) is 4.53. The summed E-state index contributed by atoms with van der Waals surface area (Å²) in [6.07, 6.45) is 26.0. The van der Waals surface area contributed by atoms with Crippen LogP contribution in [0.2, 0.25) is 0 Å². The van der Waals surface area contributed by atoms with Gasteiger partial charge in [0, 0.05) is 6.07 Å². The lowest BCUT2D eigenvalue weighted by Crippen LogP contribution is -2.05. The molecule has 0 saturated heterocycles. The van der Waals surface area contributed by atoms with Crippen molar-refractivity contribution < 1.29 is 19.0 Å². The van der Waals surface area contributed by atoms with Crippen LogP contribution < -0.4 is 9.47 Å². The summed E-state index contributed by atoms with van der Waals surface area (Å²) in [6, 6.07) is 5.42. The van der Waals surface area contributed by atoms with E-state index in [1.54, 1.807) is 12.1 Å². The van der Waals surface area contributed by atoms with Crippen LogP contribution in [0.4, 0.5) is 0 Å². The molecule has 0 bridgehead atoms. The Hall–Kier alpha value is -1.71. The third-order valence-electron chi connectivity index (χ3n) is 6.83. The van der Waals surface area contributed by atoms with E-state index in [4.69, 9.17) is 14.2 Å². The molecule has 0 N–H and O–H groups in total. The van der Waals surface area contributed by atoms with E-state index in [0.29, 0.717) is 30.3 Å². The molecule has 0 amide bonds. The number of methoxy groups -OCH3 is 1. The molecule has 1 aromatic carbocycles. The van der Waals surface area contributed by atoms with Gasteiger partial charge in [-0.05, 0) is 25.0 Å². The van der Waals surface area contributed by atoms with Crippen LogP contribution in [-0.4, -0.2) is 26.3 Å². The maximum absolute atomic E-state index is 12.1. The monoisotopic (exact) mass is 504 g/mol. The van der Waals surface area contributed by atoms with Crippen molar-refractivity contribution in [1.29, 1.82) is 0 Å². The SMILES string of the molecule is CCCCCCCCCCCCOc1cc(OCCCCCCCCCCCC)cc(C(=O)OC)c1. The number of ether oxygens (including phenoxy) is 3. The van der Waals surface area contributed by atoms with Crippen molar-refractivity contribution >= 4 is 5.97 Å². The van der Waals surface area contributed by atoms with E-state index in [2.05, 4.69) is 13.8 Å². The standard InChI is InChI=1S/C32H56O4/c1-4-6-8-10-12-14-16-18-20-22-24-35-30-26-29(32(33)34-3)27-31(28-30)36-25-23-21-19-17-15-13-11-9-7-5-2/h26-28H,4-25H2,1-3H3. The average molecular weight is 505 g/mol. The number of hydrogen-bond acceptors (Lipinski definition) is 4. The van der Waals surface area contributed by atoms with Gasteiger partial charge in [0.25, 0.3) is 0 Å². The van der Waals surface area contributed by atoms with Crippen molar-refractivity contribution in [2.24, 2.45) is 0 Å². The highest BCUT2D eigenvalue weighted by atomic mass is 16.5. The maximum atomic E-state index is 12.1. The molecule has 36 heavy (non-hydrogen) atoms. The van der Waals surface area contributed by atoms with Crippen LogP contribution in [0.25, 0.3) is 0 Å². The highest BCUT2D eigenvalue weighted by Crippen LogP contribution is 2.24. The second-order valence-corrected chi connectivity index (χ2v) is 10.2. The molecule has 0 spiro atoms. The van der Waals surface area contributed by atoms with Crippen molar-refractivity contribution in [2.75, 3.05) is 20.3 Å². The van der Waals surface area contributed by atoms with E-state index in [1.807, 2.05) is 6.07 Å². The Labute approximate surface area is 222 Å². The molecule has 0 aliphatic rings. The Morgan fingerprint density at radius 2 is 0.861 bits per heavy atom. The topological polar surface area (TPSA) is 44.8 Å². The van der Waals surface area contributed by atoms with Gasteiger partial charge in [0.2, 0.25) is 0 Å². The highest BCUT2D eigenvalue weighted by Gasteiger charge is 2.11. The molecular weight excluding hydrogens is 448 g/mol. The predicted molar refractivity (Wildman–Crippen MR) is 152 cm³/mol. The minimum atomic E-state index is -0.358. The van der Waals surface area contributed by atoms with Crippen LogP contribution in [0.1, 0.15) is 153 Å². The molecule has 0 radical (unpaired) electrons. The number of unbranched alkanes of at least 4 members (excludes halogenated alkanes) is 18. The van der Waals surface area contributed by atoms with Crippen LogP contribution >= 0.6 is 0 Å². The minimum Gasteiger partial charge on any atom is -0.493 e. The fourth-order valence-corrected chi connectivity index (χ4v) is 4.53. The molecule has 0 saturated carbocycles. The molecule has 0 aliphatic heterocycles. The van der Waals surface area contributed by atoms with Crippen LogP contribution in [0.5, 0.6) is 11.5 Å². The number of benzene rings is 1. The van der Waals surface area contributed by atoms with Gasteiger partial charge >= 0.3 is 5.97 Å². The zero-order valence-corrected chi connectivity index (χ0v) is 23.9. The van der Waals surface area contributed by atoms with Gasteiger partial charge in [0.05, 0.1) is 25.9 Å². The Morgan fingerprint density at radius 3 is 1.19 bits per heavy atom. The van der Waals surface area contributed by atoms with Crippen molar-refractivity contribution in [3.8, 4) is 11.5 Å². The maximum Gasteiger partial charge on any atom is 0.338 e. The van der Waals surface area contributed by atoms with Crippen molar-refractivity contribution in [1.82, 2.24) is 0 Å². The highest BCUT2D eigenvalue weighted by molar-refractivity contribution is 5.90. The zero-order chi connectivity index (χ0) is 26.1. The first kappa shape index (κ1) is 32.3. The lowest BCUT2D eigenvalue weighted by atomic mass is 10.1. The van der Waals surface area contributed by atoms with Gasteiger partial charge in [-0.3, -0.25) is 0 Å². The molecule has 1 rings (SSSR count). The Bertz CT molecular complexity index is 599. The van der Waals surface area contributed by atoms with E-state index in [-0.39, 0.29) is 5.97 Å². The number of carbonyl (C=O) groups is 1. The molecule has 0 atom stereocenters. The third kappa shape index (κ3) is 17.7. The summed E-state index contributed by atoms with van der Waals surface area (Å²) in [5.41, 5.74) is 0.483. The first-order valence-electron chi connectivity index (χ1n) is 15.2. The quantitative estimate of drug-likeness (QED) is 0.0981. The second-order valence-electron chi connectivity index (χ2n) is 10.2. The first-order valence-corrected chi connectivity index (χ1v) is 15.2. The van der Waals surface area contributed by atoms with Crippen molar-refractivity contribution in [3.05, 3.63) is 23.8 Å². The number of carbonyl (C=O) groups excluding carboxylic acids is 1. The van der Waals surface area contributed by atoms with Crippen molar-refractivity contribution in [2.45, 2.75) is 142 Å². The smallest absolute Gasteiger partial charge is 0.338 e. The molecular formula is C32H56O4. The van der Waals surface area contributed by atoms with Gasteiger partial charge in [-0.1, -0.05) is 129 Å². The van der Waals surface area contributed by atoms with Gasteiger partial charge in [-0.2, -0.15) is 0 Å². The predicted octanol–water partition coefficient (Wildman–Crippen LogP) is 10.1. The van der Waals surface area contributed by atoms with Crippen LogP contribution in [-0.2, 0) is 4.74 Å². The molecule has 0 heterocycles.